The highest BCUT2D eigenvalue weighted by Crippen LogP contribution is 2.28. The van der Waals surface area contributed by atoms with E-state index < -0.39 is 5.25 Å². The van der Waals surface area contributed by atoms with Gasteiger partial charge >= 0.3 is 0 Å². The number of hydrogen-bond donors (Lipinski definition) is 0. The van der Waals surface area contributed by atoms with Gasteiger partial charge in [0.05, 0.1) is 11.9 Å². The topological polar surface area (TPSA) is 49.7 Å². The molecule has 1 aliphatic rings. The van der Waals surface area contributed by atoms with Crippen molar-refractivity contribution in [2.45, 2.75) is 10.1 Å². The first-order chi connectivity index (χ1) is 10.3. The number of carbonyl (C=O) groups is 2. The van der Waals surface area contributed by atoms with E-state index in [0.717, 1.165) is 4.90 Å². The Labute approximate surface area is 126 Å². The van der Waals surface area contributed by atoms with E-state index in [-0.39, 0.29) is 11.7 Å². The molecule has 2 aromatic rings. The fraction of sp³-hybridized carbons (Fsp3) is 0.0625. The average Bonchev–Trinajstić information content (AvgIpc) is 2.53. The third-order valence-electron chi connectivity index (χ3n) is 2.99. The van der Waals surface area contributed by atoms with E-state index in [4.69, 9.17) is 0 Å². The van der Waals surface area contributed by atoms with Crippen LogP contribution in [0.1, 0.15) is 0 Å². The molecule has 5 heteroatoms. The van der Waals surface area contributed by atoms with E-state index in [9.17, 15) is 9.59 Å². The highest BCUT2D eigenvalue weighted by atomic mass is 32.2. The summed E-state index contributed by atoms with van der Waals surface area (Å²) < 4.78 is 0. The Morgan fingerprint density at radius 1 is 0.905 bits per heavy atom. The van der Waals surface area contributed by atoms with Gasteiger partial charge in [0.2, 0.25) is 0 Å². The molecule has 0 spiro atoms. The number of para-hydroxylation sites is 1. The van der Waals surface area contributed by atoms with Gasteiger partial charge in [0.15, 0.2) is 11.0 Å². The molecule has 1 heterocycles. The van der Waals surface area contributed by atoms with Crippen molar-refractivity contribution in [3.63, 3.8) is 0 Å². The van der Waals surface area contributed by atoms with Gasteiger partial charge < -0.3 is 0 Å². The van der Waals surface area contributed by atoms with Gasteiger partial charge in [-0.2, -0.15) is 10.1 Å². The molecule has 0 fully saturated rings. The number of hydrazone groups is 1. The number of carbonyl (C=O) groups excluding carboxylic acids is 2. The Hall–Kier alpha value is -2.40. The molecular weight excluding hydrogens is 284 g/mol. The second-order valence-electron chi connectivity index (χ2n) is 4.44. The minimum absolute atomic E-state index is 0.277. The molecule has 0 aliphatic carbocycles. The molecule has 0 saturated heterocycles. The van der Waals surface area contributed by atoms with Crippen LogP contribution in [-0.4, -0.2) is 23.2 Å². The summed E-state index contributed by atoms with van der Waals surface area (Å²) in [5.74, 6) is -0.594. The van der Waals surface area contributed by atoms with Gasteiger partial charge in [0.1, 0.15) is 0 Å². The molecule has 4 nitrogen and oxygen atoms in total. The Balaban J connectivity index is 1.87. The maximum absolute atomic E-state index is 12.5. The molecule has 1 atom stereocenters. The normalized spacial score (nSPS) is 18.1. The molecule has 0 bridgehead atoms. The molecule has 1 aliphatic heterocycles. The molecule has 0 N–H and O–H groups in total. The smallest absolute Gasteiger partial charge is 0.268 e. The molecule has 2 aromatic carbocycles. The molecular formula is C16H12N2O2S. The third-order valence-corrected chi connectivity index (χ3v) is 4.20. The minimum atomic E-state index is -0.787. The fourth-order valence-electron chi connectivity index (χ4n) is 1.98. The van der Waals surface area contributed by atoms with Crippen molar-refractivity contribution in [1.29, 1.82) is 0 Å². The van der Waals surface area contributed by atoms with Gasteiger partial charge in [-0.1, -0.05) is 36.4 Å². The maximum atomic E-state index is 12.5. The number of anilines is 1. The lowest BCUT2D eigenvalue weighted by molar-refractivity contribution is -0.123. The van der Waals surface area contributed by atoms with Crippen LogP contribution in [0.3, 0.4) is 0 Å². The van der Waals surface area contributed by atoms with E-state index in [1.165, 1.54) is 23.0 Å². The molecule has 0 saturated carbocycles. The quantitative estimate of drug-likeness (QED) is 0.818. The molecule has 0 aromatic heterocycles. The van der Waals surface area contributed by atoms with Crippen molar-refractivity contribution in [1.82, 2.24) is 0 Å². The Morgan fingerprint density at radius 3 is 2.19 bits per heavy atom. The van der Waals surface area contributed by atoms with Crippen molar-refractivity contribution < 1.29 is 9.59 Å². The lowest BCUT2D eigenvalue weighted by Gasteiger charge is -2.24. The minimum Gasteiger partial charge on any atom is -0.291 e. The Kier molecular flexibility index (Phi) is 3.83. The standard InChI is InChI=1S/C16H12N2O2S/c19-14-11-17-18(12-7-3-1-4-8-12)16(20)15(14)21-13-9-5-2-6-10-13/h1-11,15H. The second kappa shape index (κ2) is 5.93. The third kappa shape index (κ3) is 2.87. The van der Waals surface area contributed by atoms with Crippen LogP contribution in [0.25, 0.3) is 0 Å². The van der Waals surface area contributed by atoms with Crippen LogP contribution in [0.2, 0.25) is 0 Å². The lowest BCUT2D eigenvalue weighted by atomic mass is 10.2. The molecule has 104 valence electrons. The highest BCUT2D eigenvalue weighted by molar-refractivity contribution is 8.01. The van der Waals surface area contributed by atoms with E-state index in [1.54, 1.807) is 12.1 Å². The summed E-state index contributed by atoms with van der Waals surface area (Å²) in [5.41, 5.74) is 0.657. The predicted molar refractivity (Wildman–Crippen MR) is 83.5 cm³/mol. The summed E-state index contributed by atoms with van der Waals surface area (Å²) in [4.78, 5) is 25.4. The summed E-state index contributed by atoms with van der Waals surface area (Å²) in [6.45, 7) is 0. The first-order valence-corrected chi connectivity index (χ1v) is 7.32. The fourth-order valence-corrected chi connectivity index (χ4v) is 2.94. The van der Waals surface area contributed by atoms with Crippen LogP contribution in [0.4, 0.5) is 5.69 Å². The van der Waals surface area contributed by atoms with Crippen molar-refractivity contribution in [3.05, 3.63) is 60.7 Å². The van der Waals surface area contributed by atoms with E-state index in [0.29, 0.717) is 5.69 Å². The van der Waals surface area contributed by atoms with Crippen LogP contribution < -0.4 is 5.01 Å². The van der Waals surface area contributed by atoms with Crippen LogP contribution >= 0.6 is 11.8 Å². The first-order valence-electron chi connectivity index (χ1n) is 6.44. The van der Waals surface area contributed by atoms with Crippen molar-refractivity contribution >= 4 is 35.4 Å². The van der Waals surface area contributed by atoms with Gasteiger partial charge in [-0.05, 0) is 24.3 Å². The summed E-state index contributed by atoms with van der Waals surface area (Å²) in [7, 11) is 0. The van der Waals surface area contributed by atoms with Gasteiger partial charge in [-0.25, -0.2) is 0 Å². The molecule has 3 rings (SSSR count). The number of rotatable bonds is 3. The summed E-state index contributed by atoms with van der Waals surface area (Å²) in [5, 5.41) is 4.44. The average molecular weight is 296 g/mol. The summed E-state index contributed by atoms with van der Waals surface area (Å²) in [6, 6.07) is 18.5. The largest absolute Gasteiger partial charge is 0.291 e. The van der Waals surface area contributed by atoms with Crippen molar-refractivity contribution in [2.75, 3.05) is 5.01 Å². The molecule has 0 radical (unpaired) electrons. The van der Waals surface area contributed by atoms with Gasteiger partial charge in [0, 0.05) is 4.90 Å². The van der Waals surface area contributed by atoms with E-state index in [1.807, 2.05) is 48.5 Å². The SMILES string of the molecule is O=C1C=NN(c2ccccc2)C(=O)C1Sc1ccccc1. The number of nitrogens with zero attached hydrogens (tertiary/aromatic N) is 2. The number of amides is 1. The van der Waals surface area contributed by atoms with E-state index >= 15 is 0 Å². The van der Waals surface area contributed by atoms with Gasteiger partial charge in [-0.15, -0.1) is 11.8 Å². The van der Waals surface area contributed by atoms with Gasteiger partial charge in [-0.3, -0.25) is 9.59 Å². The zero-order valence-electron chi connectivity index (χ0n) is 11.0. The van der Waals surface area contributed by atoms with Gasteiger partial charge in [0.25, 0.3) is 5.91 Å². The first kappa shape index (κ1) is 13.6. The van der Waals surface area contributed by atoms with Crippen molar-refractivity contribution in [3.8, 4) is 0 Å². The Morgan fingerprint density at radius 2 is 1.52 bits per heavy atom. The summed E-state index contributed by atoms with van der Waals surface area (Å²) in [6.07, 6.45) is 1.22. The predicted octanol–water partition coefficient (Wildman–Crippen LogP) is 2.75. The van der Waals surface area contributed by atoms with E-state index in [2.05, 4.69) is 5.10 Å². The summed E-state index contributed by atoms with van der Waals surface area (Å²) >= 11 is 1.25. The number of benzene rings is 2. The lowest BCUT2D eigenvalue weighted by Crippen LogP contribution is -2.43. The van der Waals surface area contributed by atoms with Crippen LogP contribution in [0.5, 0.6) is 0 Å². The monoisotopic (exact) mass is 296 g/mol. The zero-order chi connectivity index (χ0) is 14.7. The number of Topliss-reactive ketones (excluding diaryl/α,β-unsaturated/α-hetero) is 1. The number of ketones is 1. The maximum Gasteiger partial charge on any atom is 0.268 e. The molecule has 21 heavy (non-hydrogen) atoms. The molecule has 1 amide bonds. The number of hydrogen-bond acceptors (Lipinski definition) is 4. The van der Waals surface area contributed by atoms with Crippen LogP contribution in [-0.2, 0) is 9.59 Å². The van der Waals surface area contributed by atoms with Crippen molar-refractivity contribution in [2.24, 2.45) is 5.10 Å². The number of thioether (sulfide) groups is 1. The second-order valence-corrected chi connectivity index (χ2v) is 5.62. The van der Waals surface area contributed by atoms with Crippen LogP contribution in [0.15, 0.2) is 70.7 Å². The van der Waals surface area contributed by atoms with Crippen LogP contribution in [0, 0.1) is 0 Å². The highest BCUT2D eigenvalue weighted by Gasteiger charge is 2.35. The zero-order valence-corrected chi connectivity index (χ0v) is 11.9. The molecule has 1 unspecified atom stereocenters. The Bertz CT molecular complexity index is 686.